The van der Waals surface area contributed by atoms with Gasteiger partial charge in [-0.3, -0.25) is 4.79 Å². The first-order valence-corrected chi connectivity index (χ1v) is 12.1. The Kier molecular flexibility index (Phi) is 8.68. The van der Waals surface area contributed by atoms with Gasteiger partial charge in [0, 0.05) is 43.1 Å². The minimum absolute atomic E-state index is 0.0312. The Hall–Kier alpha value is -2.86. The maximum atomic E-state index is 12.4. The monoisotopic (exact) mass is 448 g/mol. The first kappa shape index (κ1) is 23.8. The first-order valence-electron chi connectivity index (χ1n) is 11.1. The summed E-state index contributed by atoms with van der Waals surface area (Å²) in [5.41, 5.74) is 3.75. The predicted octanol–water partition coefficient (Wildman–Crippen LogP) is 5.67. The lowest BCUT2D eigenvalue weighted by Crippen LogP contribution is -2.27. The molecule has 168 valence electrons. The van der Waals surface area contributed by atoms with Crippen LogP contribution in [-0.4, -0.2) is 36.0 Å². The lowest BCUT2D eigenvalue weighted by atomic mass is 10.1. The Labute approximate surface area is 195 Å². The molecule has 3 rings (SSSR count). The van der Waals surface area contributed by atoms with Crippen molar-refractivity contribution in [2.24, 2.45) is 5.92 Å². The molecule has 6 heteroatoms. The molecule has 32 heavy (non-hydrogen) atoms. The maximum absolute atomic E-state index is 12.4. The first-order chi connectivity index (χ1) is 15.5. The molecule has 0 unspecified atom stereocenters. The van der Waals surface area contributed by atoms with Gasteiger partial charge < -0.3 is 10.2 Å². The van der Waals surface area contributed by atoms with Gasteiger partial charge in [-0.25, -0.2) is 9.97 Å². The smallest absolute Gasteiger partial charge is 0.251 e. The highest BCUT2D eigenvalue weighted by Crippen LogP contribution is 2.27. The molecule has 1 amide bonds. The quantitative estimate of drug-likeness (QED) is 0.320. The fourth-order valence-electron chi connectivity index (χ4n) is 3.23. The summed E-state index contributed by atoms with van der Waals surface area (Å²) < 4.78 is 0. The van der Waals surface area contributed by atoms with Crippen molar-refractivity contribution in [1.82, 2.24) is 15.3 Å². The average Bonchev–Trinajstić information content (AvgIpc) is 2.82. The van der Waals surface area contributed by atoms with Gasteiger partial charge in [0.1, 0.15) is 5.82 Å². The van der Waals surface area contributed by atoms with Crippen LogP contribution in [0.25, 0.3) is 11.3 Å². The van der Waals surface area contributed by atoms with Crippen LogP contribution in [0.15, 0.2) is 65.8 Å². The van der Waals surface area contributed by atoms with E-state index in [0.29, 0.717) is 23.8 Å². The number of amides is 1. The zero-order valence-electron chi connectivity index (χ0n) is 19.3. The molecule has 1 N–H and O–H groups in total. The van der Waals surface area contributed by atoms with Crippen LogP contribution in [0.1, 0.15) is 43.1 Å². The number of aromatic nitrogens is 2. The molecule has 0 atom stereocenters. The normalized spacial score (nSPS) is 10.9. The standard InChI is InChI=1S/C26H32N4OS/c1-5-14-30(4)24-16-23(21-11-7-6-8-12-21)28-26(29-24)32-18-20-10-9-13-22(15-20)25(31)27-17-19(2)3/h6-13,15-16,19H,5,14,17-18H2,1-4H3,(H,27,31). The third-order valence-electron chi connectivity index (χ3n) is 4.94. The van der Waals surface area contributed by atoms with Gasteiger partial charge in [-0.05, 0) is 30.0 Å². The topological polar surface area (TPSA) is 58.1 Å². The highest BCUT2D eigenvalue weighted by molar-refractivity contribution is 7.98. The van der Waals surface area contributed by atoms with Crippen LogP contribution in [0.3, 0.4) is 0 Å². The number of carbonyl (C=O) groups excluding carboxylic acids is 1. The van der Waals surface area contributed by atoms with E-state index in [1.54, 1.807) is 11.8 Å². The SMILES string of the molecule is CCCN(C)c1cc(-c2ccccc2)nc(SCc2cccc(C(=O)NCC(C)C)c2)n1. The lowest BCUT2D eigenvalue weighted by molar-refractivity contribution is 0.0949. The molecule has 1 aromatic heterocycles. The second-order valence-electron chi connectivity index (χ2n) is 8.27. The molecule has 0 aliphatic carbocycles. The van der Waals surface area contributed by atoms with Crippen LogP contribution < -0.4 is 10.2 Å². The third kappa shape index (κ3) is 6.82. The van der Waals surface area contributed by atoms with Crippen LogP contribution >= 0.6 is 11.8 Å². The van der Waals surface area contributed by atoms with Crippen molar-refractivity contribution in [3.05, 3.63) is 71.8 Å². The third-order valence-corrected chi connectivity index (χ3v) is 5.86. The van der Waals surface area contributed by atoms with Crippen molar-refractivity contribution in [3.8, 4) is 11.3 Å². The Bertz CT molecular complexity index is 1020. The lowest BCUT2D eigenvalue weighted by Gasteiger charge is -2.18. The van der Waals surface area contributed by atoms with E-state index < -0.39 is 0 Å². The molecule has 0 radical (unpaired) electrons. The van der Waals surface area contributed by atoms with Gasteiger partial charge in [-0.15, -0.1) is 0 Å². The van der Waals surface area contributed by atoms with Gasteiger partial charge in [0.2, 0.25) is 0 Å². The molecule has 0 bridgehead atoms. The van der Waals surface area contributed by atoms with Crippen LogP contribution in [0.5, 0.6) is 0 Å². The second kappa shape index (κ2) is 11.7. The Morgan fingerprint density at radius 3 is 2.56 bits per heavy atom. The van der Waals surface area contributed by atoms with E-state index in [9.17, 15) is 4.79 Å². The molecule has 0 saturated heterocycles. The van der Waals surface area contributed by atoms with E-state index >= 15 is 0 Å². The summed E-state index contributed by atoms with van der Waals surface area (Å²) in [4.78, 5) is 24.2. The fourth-order valence-corrected chi connectivity index (χ4v) is 4.03. The number of hydrogen-bond donors (Lipinski definition) is 1. The largest absolute Gasteiger partial charge is 0.360 e. The van der Waals surface area contributed by atoms with E-state index in [-0.39, 0.29) is 5.91 Å². The summed E-state index contributed by atoms with van der Waals surface area (Å²) in [6, 6.07) is 20.0. The summed E-state index contributed by atoms with van der Waals surface area (Å²) in [6.07, 6.45) is 1.05. The van der Waals surface area contributed by atoms with Crippen molar-refractivity contribution in [1.29, 1.82) is 0 Å². The van der Waals surface area contributed by atoms with Crippen molar-refractivity contribution in [2.45, 2.75) is 38.1 Å². The molecule has 0 aliphatic heterocycles. The van der Waals surface area contributed by atoms with Gasteiger partial charge in [0.25, 0.3) is 5.91 Å². The summed E-state index contributed by atoms with van der Waals surface area (Å²) in [6.45, 7) is 7.94. The molecule has 0 spiro atoms. The zero-order chi connectivity index (χ0) is 22.9. The van der Waals surface area contributed by atoms with E-state index in [2.05, 4.69) is 56.2 Å². The number of nitrogens with one attached hydrogen (secondary N) is 1. The number of hydrogen-bond acceptors (Lipinski definition) is 5. The molecule has 5 nitrogen and oxygen atoms in total. The zero-order valence-corrected chi connectivity index (χ0v) is 20.2. The van der Waals surface area contributed by atoms with Crippen LogP contribution in [0, 0.1) is 5.92 Å². The summed E-state index contributed by atoms with van der Waals surface area (Å²) in [7, 11) is 2.06. The number of carbonyl (C=O) groups is 1. The maximum Gasteiger partial charge on any atom is 0.251 e. The number of rotatable bonds is 10. The minimum Gasteiger partial charge on any atom is -0.360 e. The Morgan fingerprint density at radius 1 is 1.06 bits per heavy atom. The van der Waals surface area contributed by atoms with Crippen LogP contribution in [0.4, 0.5) is 5.82 Å². The molecular formula is C26H32N4OS. The van der Waals surface area contributed by atoms with E-state index in [0.717, 1.165) is 40.8 Å². The van der Waals surface area contributed by atoms with Crippen molar-refractivity contribution in [2.75, 3.05) is 25.0 Å². The molecular weight excluding hydrogens is 416 g/mol. The van der Waals surface area contributed by atoms with E-state index in [1.165, 1.54) is 0 Å². The predicted molar refractivity (Wildman–Crippen MR) is 134 cm³/mol. The fraction of sp³-hybridized carbons (Fsp3) is 0.346. The highest BCUT2D eigenvalue weighted by Gasteiger charge is 2.12. The summed E-state index contributed by atoms with van der Waals surface area (Å²) >= 11 is 1.59. The minimum atomic E-state index is -0.0312. The van der Waals surface area contributed by atoms with Crippen molar-refractivity contribution < 1.29 is 4.79 Å². The number of benzene rings is 2. The Morgan fingerprint density at radius 2 is 1.84 bits per heavy atom. The number of thioether (sulfide) groups is 1. The second-order valence-corrected chi connectivity index (χ2v) is 9.22. The van der Waals surface area contributed by atoms with Crippen molar-refractivity contribution >= 4 is 23.5 Å². The summed E-state index contributed by atoms with van der Waals surface area (Å²) in [5.74, 6) is 2.01. The number of nitrogens with zero attached hydrogens (tertiary/aromatic N) is 3. The van der Waals surface area contributed by atoms with Crippen LogP contribution in [-0.2, 0) is 5.75 Å². The van der Waals surface area contributed by atoms with Gasteiger partial charge in [-0.2, -0.15) is 0 Å². The highest BCUT2D eigenvalue weighted by atomic mass is 32.2. The van der Waals surface area contributed by atoms with E-state index in [4.69, 9.17) is 9.97 Å². The molecule has 0 saturated carbocycles. The molecule has 0 fully saturated rings. The average molecular weight is 449 g/mol. The van der Waals surface area contributed by atoms with Crippen molar-refractivity contribution in [3.63, 3.8) is 0 Å². The van der Waals surface area contributed by atoms with Gasteiger partial charge in [0.15, 0.2) is 5.16 Å². The van der Waals surface area contributed by atoms with E-state index in [1.807, 2.05) is 42.5 Å². The van der Waals surface area contributed by atoms with Gasteiger partial charge in [-0.1, -0.05) is 75.0 Å². The number of anilines is 1. The van der Waals surface area contributed by atoms with Gasteiger partial charge in [0.05, 0.1) is 5.69 Å². The Balaban J connectivity index is 1.79. The molecule has 1 heterocycles. The summed E-state index contributed by atoms with van der Waals surface area (Å²) in [5, 5.41) is 3.72. The molecule has 0 aliphatic rings. The van der Waals surface area contributed by atoms with Crippen LogP contribution in [0.2, 0.25) is 0 Å². The van der Waals surface area contributed by atoms with Gasteiger partial charge >= 0.3 is 0 Å². The molecule has 3 aromatic rings. The molecule has 2 aromatic carbocycles.